The van der Waals surface area contributed by atoms with Gasteiger partial charge in [-0.3, -0.25) is 14.4 Å². The molecule has 7 nitrogen and oxygen atoms in total. The molecule has 168 valence electrons. The van der Waals surface area contributed by atoms with Gasteiger partial charge in [0.05, 0.1) is 24.4 Å². The molecule has 0 saturated carbocycles. The van der Waals surface area contributed by atoms with E-state index < -0.39 is 29.4 Å². The summed E-state index contributed by atoms with van der Waals surface area (Å²) in [4.78, 5) is 40.4. The van der Waals surface area contributed by atoms with Gasteiger partial charge in [0.2, 0.25) is 17.7 Å². The van der Waals surface area contributed by atoms with Gasteiger partial charge in [-0.2, -0.15) is 0 Å². The van der Waals surface area contributed by atoms with Gasteiger partial charge < -0.3 is 19.9 Å². The lowest BCUT2D eigenvalue weighted by Crippen LogP contribution is -2.35. The molecule has 32 heavy (non-hydrogen) atoms. The van der Waals surface area contributed by atoms with E-state index in [1.54, 1.807) is 23.1 Å². The Bertz CT molecular complexity index is 1080. The van der Waals surface area contributed by atoms with E-state index in [-0.39, 0.29) is 24.6 Å². The van der Waals surface area contributed by atoms with Gasteiger partial charge in [0.1, 0.15) is 17.4 Å². The second-order valence-electron chi connectivity index (χ2n) is 7.88. The Kier molecular flexibility index (Phi) is 6.07. The number of anilines is 3. The first-order chi connectivity index (χ1) is 15.4. The van der Waals surface area contributed by atoms with Crippen LogP contribution in [0.2, 0.25) is 0 Å². The van der Waals surface area contributed by atoms with Crippen molar-refractivity contribution in [3.8, 4) is 5.75 Å². The van der Waals surface area contributed by atoms with Crippen molar-refractivity contribution in [3.63, 3.8) is 0 Å². The summed E-state index contributed by atoms with van der Waals surface area (Å²) < 4.78 is 32.7. The van der Waals surface area contributed by atoms with E-state index in [2.05, 4.69) is 5.32 Å². The third-order valence-corrected chi connectivity index (χ3v) is 5.76. The van der Waals surface area contributed by atoms with E-state index in [9.17, 15) is 23.2 Å². The third-order valence-electron chi connectivity index (χ3n) is 5.76. The van der Waals surface area contributed by atoms with Crippen molar-refractivity contribution in [3.05, 3.63) is 48.0 Å². The minimum atomic E-state index is -0.856. The quantitative estimate of drug-likeness (QED) is 0.768. The molecular weight excluding hydrogens is 420 g/mol. The fraction of sp³-hybridized carbons (Fsp3) is 0.348. The molecule has 2 heterocycles. The maximum absolute atomic E-state index is 14.1. The highest BCUT2D eigenvalue weighted by molar-refractivity contribution is 6.04. The van der Waals surface area contributed by atoms with Crippen LogP contribution in [-0.2, 0) is 14.4 Å². The minimum absolute atomic E-state index is 0.00335. The highest BCUT2D eigenvalue weighted by Gasteiger charge is 2.36. The van der Waals surface area contributed by atoms with E-state index >= 15 is 0 Å². The summed E-state index contributed by atoms with van der Waals surface area (Å²) >= 11 is 0. The Morgan fingerprint density at radius 1 is 1.03 bits per heavy atom. The SMILES string of the molecule is COc1ccc(NC(=O)C2CC(=O)N(c3ccc(F)cc3F)C2)cc1N1CCCCC1=O. The predicted octanol–water partition coefficient (Wildman–Crippen LogP) is 3.48. The van der Waals surface area contributed by atoms with E-state index in [4.69, 9.17) is 4.74 Å². The summed E-state index contributed by atoms with van der Waals surface area (Å²) in [5.41, 5.74) is 0.984. The third kappa shape index (κ3) is 4.28. The first-order valence-corrected chi connectivity index (χ1v) is 10.4. The molecule has 0 spiro atoms. The number of carbonyl (C=O) groups excluding carboxylic acids is 3. The number of benzene rings is 2. The summed E-state index contributed by atoms with van der Waals surface area (Å²) in [6, 6.07) is 7.97. The van der Waals surface area contributed by atoms with Crippen LogP contribution in [0.4, 0.5) is 25.8 Å². The zero-order chi connectivity index (χ0) is 22.8. The summed E-state index contributed by atoms with van der Waals surface area (Å²) in [6.45, 7) is 0.558. The standard InChI is InChI=1S/C23H23F2N3O4/c1-32-20-8-6-16(12-19(20)27-9-3-2-4-21(27)29)26-23(31)14-10-22(30)28(13-14)18-7-5-15(24)11-17(18)25/h5-8,11-12,14H,2-4,9-10,13H2,1H3,(H,26,31). The van der Waals surface area contributed by atoms with Crippen LogP contribution in [0, 0.1) is 17.6 Å². The van der Waals surface area contributed by atoms with Crippen molar-refractivity contribution in [1.82, 2.24) is 0 Å². The smallest absolute Gasteiger partial charge is 0.229 e. The maximum Gasteiger partial charge on any atom is 0.229 e. The molecule has 0 aromatic heterocycles. The van der Waals surface area contributed by atoms with Crippen molar-refractivity contribution < 1.29 is 27.9 Å². The van der Waals surface area contributed by atoms with Crippen LogP contribution >= 0.6 is 0 Å². The number of piperidine rings is 1. The molecule has 0 radical (unpaired) electrons. The van der Waals surface area contributed by atoms with Crippen LogP contribution in [0.1, 0.15) is 25.7 Å². The number of hydrogen-bond acceptors (Lipinski definition) is 4. The Hall–Kier alpha value is -3.49. The van der Waals surface area contributed by atoms with Crippen molar-refractivity contribution in [2.45, 2.75) is 25.7 Å². The van der Waals surface area contributed by atoms with E-state index in [1.165, 1.54) is 13.2 Å². The van der Waals surface area contributed by atoms with Gasteiger partial charge in [0.25, 0.3) is 0 Å². The molecule has 1 unspecified atom stereocenters. The molecule has 2 aliphatic heterocycles. The number of carbonyl (C=O) groups is 3. The molecule has 0 bridgehead atoms. The molecule has 1 N–H and O–H groups in total. The van der Waals surface area contributed by atoms with Crippen LogP contribution in [-0.4, -0.2) is 37.9 Å². The fourth-order valence-corrected chi connectivity index (χ4v) is 4.10. The lowest BCUT2D eigenvalue weighted by molar-refractivity contribution is -0.122. The number of nitrogens with one attached hydrogen (secondary N) is 1. The minimum Gasteiger partial charge on any atom is -0.495 e. The monoisotopic (exact) mass is 443 g/mol. The highest BCUT2D eigenvalue weighted by Crippen LogP contribution is 2.34. The van der Waals surface area contributed by atoms with Gasteiger partial charge >= 0.3 is 0 Å². The van der Waals surface area contributed by atoms with Gasteiger partial charge in [0.15, 0.2) is 0 Å². The number of halogens is 2. The van der Waals surface area contributed by atoms with Crippen molar-refractivity contribution in [2.24, 2.45) is 5.92 Å². The van der Waals surface area contributed by atoms with Gasteiger partial charge in [-0.15, -0.1) is 0 Å². The molecule has 0 aliphatic carbocycles. The van der Waals surface area contributed by atoms with E-state index in [1.807, 2.05) is 0 Å². The Morgan fingerprint density at radius 3 is 2.56 bits per heavy atom. The molecule has 2 fully saturated rings. The van der Waals surface area contributed by atoms with E-state index in [0.29, 0.717) is 36.2 Å². The second-order valence-corrected chi connectivity index (χ2v) is 7.88. The predicted molar refractivity (Wildman–Crippen MR) is 115 cm³/mol. The molecular formula is C23H23F2N3O4. The lowest BCUT2D eigenvalue weighted by Gasteiger charge is -2.28. The maximum atomic E-state index is 14.1. The topological polar surface area (TPSA) is 79.0 Å². The van der Waals surface area contributed by atoms with Crippen molar-refractivity contribution in [2.75, 3.05) is 35.3 Å². The number of ether oxygens (including phenoxy) is 1. The number of amides is 3. The molecule has 4 rings (SSSR count). The molecule has 9 heteroatoms. The Morgan fingerprint density at radius 2 is 1.84 bits per heavy atom. The zero-order valence-corrected chi connectivity index (χ0v) is 17.6. The first kappa shape index (κ1) is 21.7. The van der Waals surface area contributed by atoms with Crippen molar-refractivity contribution in [1.29, 1.82) is 0 Å². The molecule has 2 aromatic carbocycles. The average Bonchev–Trinajstić information content (AvgIpc) is 3.15. The van der Waals surface area contributed by atoms with Crippen LogP contribution in [0.5, 0.6) is 5.75 Å². The summed E-state index contributed by atoms with van der Waals surface area (Å²) in [6.07, 6.45) is 2.09. The number of hydrogen-bond donors (Lipinski definition) is 1. The molecule has 2 aromatic rings. The van der Waals surface area contributed by atoms with E-state index in [0.717, 1.165) is 23.8 Å². The fourth-order valence-electron chi connectivity index (χ4n) is 4.10. The molecule has 1 atom stereocenters. The van der Waals surface area contributed by atoms with Crippen LogP contribution in [0.25, 0.3) is 0 Å². The Labute approximate surface area is 183 Å². The summed E-state index contributed by atoms with van der Waals surface area (Å²) in [5, 5.41) is 2.78. The van der Waals surface area contributed by atoms with Gasteiger partial charge in [-0.25, -0.2) is 8.78 Å². The molecule has 2 saturated heterocycles. The van der Waals surface area contributed by atoms with Crippen LogP contribution in [0.15, 0.2) is 36.4 Å². The normalized spacial score (nSPS) is 18.8. The largest absolute Gasteiger partial charge is 0.495 e. The first-order valence-electron chi connectivity index (χ1n) is 10.4. The zero-order valence-electron chi connectivity index (χ0n) is 17.6. The summed E-state index contributed by atoms with van der Waals surface area (Å²) in [5.74, 6) is -2.59. The Balaban J connectivity index is 1.50. The van der Waals surface area contributed by atoms with Crippen molar-refractivity contribution >= 4 is 34.8 Å². The highest BCUT2D eigenvalue weighted by atomic mass is 19.1. The number of rotatable bonds is 5. The molecule has 2 aliphatic rings. The number of methoxy groups -OCH3 is 1. The van der Waals surface area contributed by atoms with Gasteiger partial charge in [-0.1, -0.05) is 0 Å². The molecule has 3 amide bonds. The number of nitrogens with zero attached hydrogens (tertiary/aromatic N) is 2. The van der Waals surface area contributed by atoms with Gasteiger partial charge in [-0.05, 0) is 43.2 Å². The summed E-state index contributed by atoms with van der Waals surface area (Å²) in [7, 11) is 1.51. The second kappa shape index (κ2) is 8.94. The van der Waals surface area contributed by atoms with Crippen LogP contribution in [0.3, 0.4) is 0 Å². The van der Waals surface area contributed by atoms with Gasteiger partial charge in [0, 0.05) is 37.7 Å². The average molecular weight is 443 g/mol. The lowest BCUT2D eigenvalue weighted by atomic mass is 10.1. The van der Waals surface area contributed by atoms with Crippen LogP contribution < -0.4 is 19.9 Å².